The molecule has 4 rings (SSSR count). The summed E-state index contributed by atoms with van der Waals surface area (Å²) < 4.78 is 39.4. The van der Waals surface area contributed by atoms with Crippen molar-refractivity contribution >= 4 is 0 Å². The summed E-state index contributed by atoms with van der Waals surface area (Å²) in [5, 5.41) is 20.6. The van der Waals surface area contributed by atoms with Crippen molar-refractivity contribution in [1.82, 2.24) is 0 Å². The Morgan fingerprint density at radius 3 is 2.41 bits per heavy atom. The Bertz CT molecular complexity index is 754. The molecular weight excluding hydrogens is 413 g/mol. The molecule has 0 bridgehead atoms. The molecule has 0 saturated heterocycles. The largest absolute Gasteiger partial charge is 0.416 e. The average molecular weight is 457 g/mol. The molecule has 0 heterocycles. The Morgan fingerprint density at radius 2 is 1.75 bits per heavy atom. The molecule has 0 radical (unpaired) electrons. The molecule has 0 aromatic carbocycles. The van der Waals surface area contributed by atoms with Gasteiger partial charge >= 0.3 is 6.18 Å². The van der Waals surface area contributed by atoms with Gasteiger partial charge in [0.25, 0.3) is 0 Å². The first-order valence-electron chi connectivity index (χ1n) is 12.8. The molecule has 0 spiro atoms. The maximum absolute atomic E-state index is 13.1. The summed E-state index contributed by atoms with van der Waals surface area (Å²) in [7, 11) is 0. The maximum atomic E-state index is 13.1. The van der Waals surface area contributed by atoms with Crippen molar-refractivity contribution in [2.24, 2.45) is 40.4 Å². The number of aliphatic hydroxyl groups is 2. The molecule has 4 aliphatic carbocycles. The van der Waals surface area contributed by atoms with Crippen LogP contribution in [0.5, 0.6) is 0 Å². The Kier molecular flexibility index (Phi) is 5.94. The minimum atomic E-state index is -4.57. The molecular formula is C27H43F3O2. The fraction of sp³-hybridized carbons (Fsp3) is 0.926. The lowest BCUT2D eigenvalue weighted by atomic mass is 9.46. The van der Waals surface area contributed by atoms with E-state index >= 15 is 0 Å². The summed E-state index contributed by atoms with van der Waals surface area (Å²) in [6.07, 6.45) is 6.52. The van der Waals surface area contributed by atoms with Gasteiger partial charge in [-0.3, -0.25) is 0 Å². The van der Waals surface area contributed by atoms with Crippen LogP contribution in [0.15, 0.2) is 11.6 Å². The van der Waals surface area contributed by atoms with E-state index < -0.39 is 17.4 Å². The van der Waals surface area contributed by atoms with Gasteiger partial charge in [-0.05, 0) is 118 Å². The number of alkyl halides is 3. The summed E-state index contributed by atoms with van der Waals surface area (Å²) in [5.41, 5.74) is -1.32. The molecule has 2 nitrogen and oxygen atoms in total. The van der Waals surface area contributed by atoms with Crippen LogP contribution < -0.4 is 0 Å². The normalized spacial score (nSPS) is 47.0. The van der Waals surface area contributed by atoms with Crippen molar-refractivity contribution in [3.63, 3.8) is 0 Å². The lowest BCUT2D eigenvalue weighted by Gasteiger charge is -2.59. The second-order valence-corrected chi connectivity index (χ2v) is 12.9. The Balaban J connectivity index is 1.49. The molecule has 4 aliphatic rings. The molecule has 0 aromatic rings. The van der Waals surface area contributed by atoms with Gasteiger partial charge in [0.15, 0.2) is 5.60 Å². The lowest BCUT2D eigenvalue weighted by Crippen LogP contribution is -2.52. The maximum Gasteiger partial charge on any atom is 0.416 e. The van der Waals surface area contributed by atoms with Gasteiger partial charge in [-0.1, -0.05) is 32.4 Å². The third-order valence-electron chi connectivity index (χ3n) is 10.8. The molecule has 0 amide bonds. The average Bonchev–Trinajstić information content (AvgIpc) is 3.03. The second-order valence-electron chi connectivity index (χ2n) is 12.9. The summed E-state index contributed by atoms with van der Waals surface area (Å²) in [4.78, 5) is 0. The predicted molar refractivity (Wildman–Crippen MR) is 121 cm³/mol. The van der Waals surface area contributed by atoms with E-state index in [0.29, 0.717) is 30.1 Å². The zero-order chi connectivity index (χ0) is 23.7. The molecule has 0 unspecified atom stereocenters. The van der Waals surface area contributed by atoms with Crippen LogP contribution in [0, 0.1) is 40.4 Å². The van der Waals surface area contributed by atoms with E-state index in [4.69, 9.17) is 0 Å². The van der Waals surface area contributed by atoms with Crippen molar-refractivity contribution in [2.75, 3.05) is 0 Å². The van der Waals surface area contributed by atoms with Crippen LogP contribution >= 0.6 is 0 Å². The lowest BCUT2D eigenvalue weighted by molar-refractivity contribution is -0.256. The summed E-state index contributed by atoms with van der Waals surface area (Å²) in [6, 6.07) is 0. The van der Waals surface area contributed by atoms with Crippen molar-refractivity contribution < 1.29 is 23.4 Å². The fourth-order valence-electron chi connectivity index (χ4n) is 8.63. The Hall–Kier alpha value is -0.550. The van der Waals surface area contributed by atoms with Gasteiger partial charge in [0.2, 0.25) is 0 Å². The standard InChI is InChI=1S/C27H43F3O2/c1-17(10-13-26(5,32)27(28,29)30)20-8-9-21-19-7-6-18-16-23(2,31)14-15-24(18,3)22(19)11-12-25(20,21)4/h6,17,19-22,31-32H,7-16H2,1-5H3/t17-,19+,20-,21+,22+,23-,24+,25-,26+/m1/s1. The van der Waals surface area contributed by atoms with Crippen LogP contribution in [0.2, 0.25) is 0 Å². The molecule has 0 aromatic heterocycles. The van der Waals surface area contributed by atoms with Crippen LogP contribution in [0.3, 0.4) is 0 Å². The first-order chi connectivity index (χ1) is 14.6. The van der Waals surface area contributed by atoms with Crippen molar-refractivity contribution in [2.45, 2.75) is 116 Å². The van der Waals surface area contributed by atoms with Crippen molar-refractivity contribution in [3.05, 3.63) is 11.6 Å². The highest BCUT2D eigenvalue weighted by Gasteiger charge is 2.60. The molecule has 3 fully saturated rings. The van der Waals surface area contributed by atoms with Crippen LogP contribution in [0.4, 0.5) is 13.2 Å². The van der Waals surface area contributed by atoms with Gasteiger partial charge < -0.3 is 10.2 Å². The zero-order valence-corrected chi connectivity index (χ0v) is 20.6. The first kappa shape index (κ1) is 24.6. The van der Waals surface area contributed by atoms with Gasteiger partial charge in [0.1, 0.15) is 0 Å². The highest BCUT2D eigenvalue weighted by Crippen LogP contribution is 2.67. The minimum Gasteiger partial charge on any atom is -0.390 e. The van der Waals surface area contributed by atoms with E-state index in [-0.39, 0.29) is 23.2 Å². The van der Waals surface area contributed by atoms with Crippen molar-refractivity contribution in [1.29, 1.82) is 0 Å². The first-order valence-corrected chi connectivity index (χ1v) is 12.8. The molecule has 9 atom stereocenters. The molecule has 5 heteroatoms. The van der Waals surface area contributed by atoms with E-state index in [1.807, 2.05) is 6.92 Å². The van der Waals surface area contributed by atoms with Gasteiger partial charge in [0.05, 0.1) is 5.60 Å². The van der Waals surface area contributed by atoms with Gasteiger partial charge in [-0.25, -0.2) is 0 Å². The molecule has 32 heavy (non-hydrogen) atoms. The van der Waals surface area contributed by atoms with Crippen LogP contribution in [-0.2, 0) is 0 Å². The number of fused-ring (bicyclic) bond motifs is 5. The number of rotatable bonds is 4. The quantitative estimate of drug-likeness (QED) is 0.445. The smallest absolute Gasteiger partial charge is 0.390 e. The van der Waals surface area contributed by atoms with Crippen LogP contribution in [-0.4, -0.2) is 27.6 Å². The van der Waals surface area contributed by atoms with Gasteiger partial charge in [-0.2, -0.15) is 13.2 Å². The monoisotopic (exact) mass is 456 g/mol. The number of hydrogen-bond donors (Lipinski definition) is 2. The minimum absolute atomic E-state index is 0.186. The fourth-order valence-corrected chi connectivity index (χ4v) is 8.63. The number of allylic oxidation sites excluding steroid dienone is 1. The summed E-state index contributed by atoms with van der Waals surface area (Å²) >= 11 is 0. The molecule has 3 saturated carbocycles. The van der Waals surface area contributed by atoms with E-state index in [9.17, 15) is 23.4 Å². The van der Waals surface area contributed by atoms with E-state index in [1.54, 1.807) is 0 Å². The van der Waals surface area contributed by atoms with Gasteiger partial charge in [-0.15, -0.1) is 0 Å². The summed E-state index contributed by atoms with van der Waals surface area (Å²) in [5.74, 6) is 2.57. The number of hydrogen-bond acceptors (Lipinski definition) is 2. The SMILES string of the molecule is C[C@H](CC[C@](C)(O)C(F)(F)F)[C@H]1CC[C@H]2[C@@H]3CC=C4C[C@](C)(O)CC[C@]4(C)[C@H]3CC[C@]12C. The third kappa shape index (κ3) is 3.87. The predicted octanol–water partition coefficient (Wildman–Crippen LogP) is 7.05. The van der Waals surface area contributed by atoms with Crippen molar-refractivity contribution in [3.8, 4) is 0 Å². The second kappa shape index (κ2) is 7.73. The molecule has 184 valence electrons. The Labute approximate surface area is 192 Å². The molecule has 0 aliphatic heterocycles. The van der Waals surface area contributed by atoms with E-state index in [1.165, 1.54) is 18.4 Å². The topological polar surface area (TPSA) is 40.5 Å². The Morgan fingerprint density at radius 1 is 1.06 bits per heavy atom. The highest BCUT2D eigenvalue weighted by molar-refractivity contribution is 5.26. The molecule has 2 N–H and O–H groups in total. The van der Waals surface area contributed by atoms with Gasteiger partial charge in [0, 0.05) is 0 Å². The number of halogens is 3. The van der Waals surface area contributed by atoms with Crippen LogP contribution in [0.25, 0.3) is 0 Å². The highest BCUT2D eigenvalue weighted by atomic mass is 19.4. The van der Waals surface area contributed by atoms with Crippen LogP contribution in [0.1, 0.15) is 98.8 Å². The summed E-state index contributed by atoms with van der Waals surface area (Å²) in [6.45, 7) is 9.84. The third-order valence-corrected chi connectivity index (χ3v) is 10.8. The van der Waals surface area contributed by atoms with E-state index in [0.717, 1.165) is 45.4 Å². The zero-order valence-electron chi connectivity index (χ0n) is 20.6. The van der Waals surface area contributed by atoms with E-state index in [2.05, 4.69) is 26.8 Å².